The van der Waals surface area contributed by atoms with Crippen molar-refractivity contribution in [1.29, 1.82) is 0 Å². The van der Waals surface area contributed by atoms with Crippen LogP contribution >= 0.6 is 22.9 Å². The monoisotopic (exact) mass is 349 g/mol. The van der Waals surface area contributed by atoms with E-state index < -0.39 is 5.97 Å². The number of carbonyl (C=O) groups excluding carboxylic acids is 2. The SMILES string of the molecule is CCn1nnc2cc(C(=O)OCC(=O)c3ccc(Cl)s3)ccc21. The third-order valence-corrected chi connectivity index (χ3v) is 4.50. The van der Waals surface area contributed by atoms with Gasteiger partial charge >= 0.3 is 5.97 Å². The van der Waals surface area contributed by atoms with Crippen molar-refractivity contribution in [3.63, 3.8) is 0 Å². The van der Waals surface area contributed by atoms with Crippen LogP contribution in [0.4, 0.5) is 0 Å². The van der Waals surface area contributed by atoms with Gasteiger partial charge in [0.05, 0.1) is 20.3 Å². The second-order valence-corrected chi connectivity index (χ2v) is 6.43. The van der Waals surface area contributed by atoms with Crippen LogP contribution in [0.2, 0.25) is 4.34 Å². The molecule has 0 saturated heterocycles. The predicted octanol–water partition coefficient (Wildman–Crippen LogP) is 3.21. The Balaban J connectivity index is 1.69. The highest BCUT2D eigenvalue weighted by Gasteiger charge is 2.15. The highest BCUT2D eigenvalue weighted by molar-refractivity contribution is 7.18. The van der Waals surface area contributed by atoms with Crippen molar-refractivity contribution in [2.24, 2.45) is 0 Å². The zero-order chi connectivity index (χ0) is 16.4. The fourth-order valence-corrected chi connectivity index (χ4v) is 3.05. The number of rotatable bonds is 5. The van der Waals surface area contributed by atoms with Crippen LogP contribution in [0.5, 0.6) is 0 Å². The molecule has 0 aliphatic rings. The summed E-state index contributed by atoms with van der Waals surface area (Å²) in [5.41, 5.74) is 1.78. The van der Waals surface area contributed by atoms with Crippen molar-refractivity contribution in [2.75, 3.05) is 6.61 Å². The number of aryl methyl sites for hydroxylation is 1. The number of carbonyl (C=O) groups is 2. The standard InChI is InChI=1S/C15H12ClN3O3S/c1-2-19-11-4-3-9(7-10(11)17-18-19)15(21)22-8-12(20)13-5-6-14(16)23-13/h3-7H,2,8H2,1H3. The lowest BCUT2D eigenvalue weighted by Gasteiger charge is -2.03. The van der Waals surface area contributed by atoms with Crippen molar-refractivity contribution < 1.29 is 14.3 Å². The Morgan fingerprint density at radius 3 is 2.83 bits per heavy atom. The van der Waals surface area contributed by atoms with Gasteiger partial charge in [0.15, 0.2) is 6.61 Å². The third-order valence-electron chi connectivity index (χ3n) is 3.23. The van der Waals surface area contributed by atoms with Crippen molar-refractivity contribution in [3.8, 4) is 0 Å². The summed E-state index contributed by atoms with van der Waals surface area (Å²) in [4.78, 5) is 24.4. The van der Waals surface area contributed by atoms with Crippen molar-refractivity contribution in [1.82, 2.24) is 15.0 Å². The largest absolute Gasteiger partial charge is 0.454 e. The molecule has 0 spiro atoms. The summed E-state index contributed by atoms with van der Waals surface area (Å²) in [5, 5.41) is 7.98. The predicted molar refractivity (Wildman–Crippen MR) is 87.1 cm³/mol. The van der Waals surface area contributed by atoms with Crippen LogP contribution in [0, 0.1) is 0 Å². The molecule has 3 rings (SSSR count). The first kappa shape index (κ1) is 15.6. The Bertz CT molecular complexity index is 887. The van der Waals surface area contributed by atoms with E-state index in [0.29, 0.717) is 26.8 Å². The minimum atomic E-state index is -0.575. The number of fused-ring (bicyclic) bond motifs is 1. The van der Waals surface area contributed by atoms with Gasteiger partial charge in [0.2, 0.25) is 5.78 Å². The highest BCUT2D eigenvalue weighted by Crippen LogP contribution is 2.22. The quantitative estimate of drug-likeness (QED) is 0.522. The molecule has 0 unspecified atom stereocenters. The lowest BCUT2D eigenvalue weighted by atomic mass is 10.2. The normalized spacial score (nSPS) is 10.9. The average molecular weight is 350 g/mol. The van der Waals surface area contributed by atoms with Gasteiger partial charge in [0, 0.05) is 6.54 Å². The van der Waals surface area contributed by atoms with E-state index >= 15 is 0 Å². The summed E-state index contributed by atoms with van der Waals surface area (Å²) < 4.78 is 7.30. The molecular formula is C15H12ClN3O3S. The Kier molecular flexibility index (Phi) is 4.40. The van der Waals surface area contributed by atoms with Crippen LogP contribution in [0.25, 0.3) is 11.0 Å². The van der Waals surface area contributed by atoms with Crippen molar-refractivity contribution in [3.05, 3.63) is 45.1 Å². The number of esters is 1. The Hall–Kier alpha value is -2.25. The summed E-state index contributed by atoms with van der Waals surface area (Å²) >= 11 is 6.93. The summed E-state index contributed by atoms with van der Waals surface area (Å²) in [6, 6.07) is 8.23. The zero-order valence-electron chi connectivity index (χ0n) is 12.2. The van der Waals surface area contributed by atoms with Gasteiger partial charge in [-0.3, -0.25) is 4.79 Å². The van der Waals surface area contributed by atoms with Gasteiger partial charge in [-0.25, -0.2) is 9.48 Å². The highest BCUT2D eigenvalue weighted by atomic mass is 35.5. The van der Waals surface area contributed by atoms with Gasteiger partial charge in [0.1, 0.15) is 5.52 Å². The minimum absolute atomic E-state index is 0.284. The Labute approximate surface area is 140 Å². The Morgan fingerprint density at radius 2 is 2.13 bits per heavy atom. The maximum absolute atomic E-state index is 12.1. The number of benzene rings is 1. The van der Waals surface area contributed by atoms with Crippen LogP contribution in [0.15, 0.2) is 30.3 Å². The molecule has 0 atom stereocenters. The number of hydrogen-bond acceptors (Lipinski definition) is 6. The van der Waals surface area contributed by atoms with E-state index in [0.717, 1.165) is 16.9 Å². The van der Waals surface area contributed by atoms with E-state index in [1.165, 1.54) is 0 Å². The molecule has 3 aromatic rings. The molecule has 0 saturated carbocycles. The molecule has 8 heteroatoms. The minimum Gasteiger partial charge on any atom is -0.454 e. The fraction of sp³-hybridized carbons (Fsp3) is 0.200. The first-order valence-corrected chi connectivity index (χ1v) is 8.07. The molecule has 0 amide bonds. The number of nitrogens with zero attached hydrogens (tertiary/aromatic N) is 3. The average Bonchev–Trinajstić information content (AvgIpc) is 3.17. The van der Waals surface area contributed by atoms with Crippen LogP contribution in [-0.2, 0) is 11.3 Å². The maximum atomic E-state index is 12.1. The van der Waals surface area contributed by atoms with E-state index in [-0.39, 0.29) is 12.4 Å². The Morgan fingerprint density at radius 1 is 1.30 bits per heavy atom. The molecule has 1 aromatic carbocycles. The number of thiophene rings is 1. The van der Waals surface area contributed by atoms with E-state index in [1.54, 1.807) is 35.0 Å². The molecule has 6 nitrogen and oxygen atoms in total. The molecule has 2 heterocycles. The summed E-state index contributed by atoms with van der Waals surface area (Å²) in [7, 11) is 0. The van der Waals surface area contributed by atoms with E-state index in [1.807, 2.05) is 6.92 Å². The van der Waals surface area contributed by atoms with Crippen molar-refractivity contribution >= 4 is 45.7 Å². The molecule has 2 aromatic heterocycles. The van der Waals surface area contributed by atoms with Gasteiger partial charge in [-0.2, -0.15) is 0 Å². The van der Waals surface area contributed by atoms with Gasteiger partial charge in [-0.15, -0.1) is 16.4 Å². The lowest BCUT2D eigenvalue weighted by molar-refractivity contribution is 0.0476. The number of Topliss-reactive ketones (excluding diaryl/α,β-unsaturated/α-hetero) is 1. The molecule has 0 N–H and O–H groups in total. The number of ether oxygens (including phenoxy) is 1. The first-order chi connectivity index (χ1) is 11.1. The molecular weight excluding hydrogens is 338 g/mol. The molecule has 0 fully saturated rings. The molecule has 118 valence electrons. The van der Waals surface area contributed by atoms with Crippen LogP contribution in [-0.4, -0.2) is 33.4 Å². The zero-order valence-corrected chi connectivity index (χ0v) is 13.7. The fourth-order valence-electron chi connectivity index (χ4n) is 2.08. The number of halogens is 1. The summed E-state index contributed by atoms with van der Waals surface area (Å²) in [6.07, 6.45) is 0. The molecule has 23 heavy (non-hydrogen) atoms. The molecule has 0 bridgehead atoms. The van der Waals surface area contributed by atoms with Crippen LogP contribution in [0.3, 0.4) is 0 Å². The topological polar surface area (TPSA) is 74.1 Å². The smallest absolute Gasteiger partial charge is 0.338 e. The van der Waals surface area contributed by atoms with E-state index in [4.69, 9.17) is 16.3 Å². The molecule has 0 radical (unpaired) electrons. The summed E-state index contributed by atoms with van der Waals surface area (Å²) in [5.74, 6) is -0.859. The van der Waals surface area contributed by atoms with Crippen molar-refractivity contribution in [2.45, 2.75) is 13.5 Å². The van der Waals surface area contributed by atoms with Gasteiger partial charge in [0.25, 0.3) is 0 Å². The third kappa shape index (κ3) is 3.25. The second kappa shape index (κ2) is 6.47. The van der Waals surface area contributed by atoms with E-state index in [9.17, 15) is 9.59 Å². The van der Waals surface area contributed by atoms with E-state index in [2.05, 4.69) is 10.3 Å². The van der Waals surface area contributed by atoms with Gasteiger partial charge < -0.3 is 4.74 Å². The lowest BCUT2D eigenvalue weighted by Crippen LogP contribution is -2.13. The van der Waals surface area contributed by atoms with Crippen LogP contribution in [0.1, 0.15) is 27.0 Å². The molecule has 0 aliphatic heterocycles. The van der Waals surface area contributed by atoms with Gasteiger partial charge in [-0.05, 0) is 37.3 Å². The summed E-state index contributed by atoms with van der Waals surface area (Å²) in [6.45, 7) is 2.33. The maximum Gasteiger partial charge on any atom is 0.338 e. The first-order valence-electron chi connectivity index (χ1n) is 6.87. The number of hydrogen-bond donors (Lipinski definition) is 0. The van der Waals surface area contributed by atoms with Crippen LogP contribution < -0.4 is 0 Å². The number of aromatic nitrogens is 3. The van der Waals surface area contributed by atoms with Gasteiger partial charge in [-0.1, -0.05) is 16.8 Å². The second-order valence-electron chi connectivity index (χ2n) is 4.71. The molecule has 0 aliphatic carbocycles. The number of ketones is 1.